The average molecular weight is 415 g/mol. The molecule has 9 nitrogen and oxygen atoms in total. The van der Waals surface area contributed by atoms with Crippen LogP contribution in [0, 0.1) is 0 Å². The molecule has 0 aliphatic carbocycles. The molecule has 0 spiro atoms. The molecular weight excluding hydrogens is 396 g/mol. The molecule has 0 unspecified atom stereocenters. The van der Waals surface area contributed by atoms with Crippen LogP contribution in [0.3, 0.4) is 0 Å². The van der Waals surface area contributed by atoms with Crippen molar-refractivity contribution in [3.63, 3.8) is 0 Å². The van der Waals surface area contributed by atoms with Gasteiger partial charge in [0.05, 0.1) is 5.02 Å². The van der Waals surface area contributed by atoms with Gasteiger partial charge in [0.15, 0.2) is 0 Å². The predicted octanol–water partition coefficient (Wildman–Crippen LogP) is 1.05. The molecule has 3 N–H and O–H groups in total. The van der Waals surface area contributed by atoms with Crippen LogP contribution in [0.15, 0.2) is 23.1 Å². The van der Waals surface area contributed by atoms with Crippen molar-refractivity contribution >= 4 is 45.2 Å². The fraction of sp³-hybridized carbons (Fsp3) is 0.438. The van der Waals surface area contributed by atoms with Crippen molar-refractivity contribution in [3.05, 3.63) is 23.2 Å². The molecule has 0 radical (unpaired) electrons. The molecule has 2 heterocycles. The first-order valence-corrected chi connectivity index (χ1v) is 10.3. The topological polar surface area (TPSA) is 125 Å². The summed E-state index contributed by atoms with van der Waals surface area (Å²) in [6.45, 7) is 0.898. The van der Waals surface area contributed by atoms with E-state index in [1.54, 1.807) is 0 Å². The van der Waals surface area contributed by atoms with Crippen LogP contribution in [-0.2, 0) is 19.6 Å². The first-order valence-electron chi connectivity index (χ1n) is 8.48. The standard InChI is InChI=1S/C16H19ClN4O5S/c17-11-4-3-10(9-13(11)27(25,26)21-7-1-2-8-21)18-14(22)6-5-12-15(23)20-16(24)19-12/h3-4,9,12H,1-2,5-8H2,(H,18,22)(H2,19,20,23,24)/t12-/m0/s1. The SMILES string of the molecule is O=C(CC[C@@H]1NC(=O)NC1=O)Nc1ccc(Cl)c(S(=O)(=O)N2CCCC2)c1. The summed E-state index contributed by atoms with van der Waals surface area (Å²) < 4.78 is 26.8. The van der Waals surface area contributed by atoms with E-state index in [-0.39, 0.29) is 22.8 Å². The molecule has 2 aliphatic rings. The second kappa shape index (κ2) is 7.83. The highest BCUT2D eigenvalue weighted by atomic mass is 35.5. The minimum Gasteiger partial charge on any atom is -0.326 e. The summed E-state index contributed by atoms with van der Waals surface area (Å²) in [6.07, 6.45) is 1.72. The minimum atomic E-state index is -3.72. The number of benzene rings is 1. The molecule has 1 atom stereocenters. The molecule has 0 saturated carbocycles. The number of urea groups is 1. The van der Waals surface area contributed by atoms with Crippen LogP contribution in [0.1, 0.15) is 25.7 Å². The molecule has 3 rings (SSSR count). The summed E-state index contributed by atoms with van der Waals surface area (Å²) in [5.74, 6) is -0.880. The van der Waals surface area contributed by atoms with Crippen LogP contribution in [-0.4, -0.2) is 49.7 Å². The van der Waals surface area contributed by atoms with Gasteiger partial charge in [-0.1, -0.05) is 11.6 Å². The highest BCUT2D eigenvalue weighted by molar-refractivity contribution is 7.89. The predicted molar refractivity (Wildman–Crippen MR) is 97.8 cm³/mol. The van der Waals surface area contributed by atoms with Crippen molar-refractivity contribution in [2.75, 3.05) is 18.4 Å². The number of nitrogens with zero attached hydrogens (tertiary/aromatic N) is 1. The van der Waals surface area contributed by atoms with Gasteiger partial charge in [0.2, 0.25) is 15.9 Å². The zero-order valence-electron chi connectivity index (χ0n) is 14.3. The van der Waals surface area contributed by atoms with Crippen molar-refractivity contribution in [2.45, 2.75) is 36.6 Å². The Morgan fingerprint density at radius 3 is 2.59 bits per heavy atom. The lowest BCUT2D eigenvalue weighted by molar-refractivity contribution is -0.120. The second-order valence-corrected chi connectivity index (χ2v) is 8.67. The van der Waals surface area contributed by atoms with E-state index in [4.69, 9.17) is 11.6 Å². The molecule has 146 valence electrons. The molecule has 1 aromatic carbocycles. The van der Waals surface area contributed by atoms with Crippen molar-refractivity contribution in [3.8, 4) is 0 Å². The number of hydrogen-bond acceptors (Lipinski definition) is 5. The number of sulfonamides is 1. The third kappa shape index (κ3) is 4.40. The summed E-state index contributed by atoms with van der Waals surface area (Å²) >= 11 is 6.07. The summed E-state index contributed by atoms with van der Waals surface area (Å²) in [4.78, 5) is 34.6. The molecule has 4 amide bonds. The van der Waals surface area contributed by atoms with Gasteiger partial charge in [0, 0.05) is 25.2 Å². The van der Waals surface area contributed by atoms with Crippen molar-refractivity contribution < 1.29 is 22.8 Å². The van der Waals surface area contributed by atoms with E-state index in [0.29, 0.717) is 18.8 Å². The Kier molecular flexibility index (Phi) is 5.68. The zero-order chi connectivity index (χ0) is 19.6. The number of nitrogens with one attached hydrogen (secondary N) is 3. The molecule has 2 aliphatic heterocycles. The molecule has 11 heteroatoms. The molecular formula is C16H19ClN4O5S. The van der Waals surface area contributed by atoms with Crippen LogP contribution in [0.25, 0.3) is 0 Å². The normalized spacial score (nSPS) is 20.4. The highest BCUT2D eigenvalue weighted by Crippen LogP contribution is 2.29. The lowest BCUT2D eigenvalue weighted by atomic mass is 10.1. The van der Waals surface area contributed by atoms with E-state index in [0.717, 1.165) is 12.8 Å². The Labute approximate surface area is 161 Å². The van der Waals surface area contributed by atoms with Crippen LogP contribution < -0.4 is 16.0 Å². The largest absolute Gasteiger partial charge is 0.326 e. The van der Waals surface area contributed by atoms with Gasteiger partial charge in [-0.05, 0) is 37.5 Å². The van der Waals surface area contributed by atoms with Gasteiger partial charge in [0.1, 0.15) is 10.9 Å². The average Bonchev–Trinajstić information content (AvgIpc) is 3.25. The number of carbonyl (C=O) groups excluding carboxylic acids is 3. The number of halogens is 1. The summed E-state index contributed by atoms with van der Waals surface area (Å²) in [5.41, 5.74) is 0.294. The number of carbonyl (C=O) groups is 3. The van der Waals surface area contributed by atoms with E-state index in [9.17, 15) is 22.8 Å². The van der Waals surface area contributed by atoms with E-state index in [1.807, 2.05) is 0 Å². The number of imide groups is 1. The van der Waals surface area contributed by atoms with Crippen molar-refractivity contribution in [1.29, 1.82) is 0 Å². The third-order valence-electron chi connectivity index (χ3n) is 4.42. The first-order chi connectivity index (χ1) is 12.8. The quantitative estimate of drug-likeness (QED) is 0.600. The van der Waals surface area contributed by atoms with Crippen LogP contribution in [0.4, 0.5) is 10.5 Å². The zero-order valence-corrected chi connectivity index (χ0v) is 15.9. The maximum absolute atomic E-state index is 12.7. The maximum atomic E-state index is 12.7. The Balaban J connectivity index is 1.66. The summed E-state index contributed by atoms with van der Waals surface area (Å²) in [5, 5.41) is 7.18. The maximum Gasteiger partial charge on any atom is 0.322 e. The van der Waals surface area contributed by atoms with Gasteiger partial charge in [-0.25, -0.2) is 13.2 Å². The number of rotatable bonds is 6. The molecule has 2 saturated heterocycles. The lowest BCUT2D eigenvalue weighted by Crippen LogP contribution is -2.30. The highest BCUT2D eigenvalue weighted by Gasteiger charge is 2.30. The Hall–Kier alpha value is -2.17. The lowest BCUT2D eigenvalue weighted by Gasteiger charge is -2.17. The monoisotopic (exact) mass is 414 g/mol. The van der Waals surface area contributed by atoms with Crippen LogP contribution in [0.5, 0.6) is 0 Å². The molecule has 0 bridgehead atoms. The van der Waals surface area contributed by atoms with Gasteiger partial charge in [-0.15, -0.1) is 0 Å². The fourth-order valence-electron chi connectivity index (χ4n) is 3.01. The first kappa shape index (κ1) is 19.6. The van der Waals surface area contributed by atoms with Crippen molar-refractivity contribution in [2.24, 2.45) is 0 Å². The van der Waals surface area contributed by atoms with Gasteiger partial charge in [0.25, 0.3) is 5.91 Å². The van der Waals surface area contributed by atoms with Gasteiger partial charge in [-0.3, -0.25) is 14.9 Å². The molecule has 2 fully saturated rings. The fourth-order valence-corrected chi connectivity index (χ4v) is 5.02. The van der Waals surface area contributed by atoms with Crippen LogP contribution >= 0.6 is 11.6 Å². The van der Waals surface area contributed by atoms with E-state index in [1.165, 1.54) is 22.5 Å². The Morgan fingerprint density at radius 1 is 1.26 bits per heavy atom. The summed E-state index contributed by atoms with van der Waals surface area (Å²) in [7, 11) is -3.72. The molecule has 0 aromatic heterocycles. The smallest absolute Gasteiger partial charge is 0.322 e. The van der Waals surface area contributed by atoms with Gasteiger partial charge in [-0.2, -0.15) is 4.31 Å². The van der Waals surface area contributed by atoms with Crippen LogP contribution in [0.2, 0.25) is 5.02 Å². The molecule has 1 aromatic rings. The number of anilines is 1. The Morgan fingerprint density at radius 2 is 1.96 bits per heavy atom. The number of amides is 4. The second-order valence-electron chi connectivity index (χ2n) is 6.36. The number of hydrogen-bond donors (Lipinski definition) is 3. The van der Waals surface area contributed by atoms with Crippen molar-refractivity contribution in [1.82, 2.24) is 14.9 Å². The van der Waals surface area contributed by atoms with E-state index >= 15 is 0 Å². The van der Waals surface area contributed by atoms with Gasteiger partial charge < -0.3 is 10.6 Å². The molecule has 27 heavy (non-hydrogen) atoms. The summed E-state index contributed by atoms with van der Waals surface area (Å²) in [6, 6.07) is 2.93. The Bertz CT molecular complexity index is 883. The van der Waals surface area contributed by atoms with E-state index in [2.05, 4.69) is 16.0 Å². The van der Waals surface area contributed by atoms with Gasteiger partial charge >= 0.3 is 6.03 Å². The minimum absolute atomic E-state index is 0.0186. The van der Waals surface area contributed by atoms with E-state index < -0.39 is 33.9 Å². The third-order valence-corrected chi connectivity index (χ3v) is 6.80.